The van der Waals surface area contributed by atoms with Gasteiger partial charge in [-0.1, -0.05) is 67.6 Å². The van der Waals surface area contributed by atoms with Crippen LogP contribution in [0.15, 0.2) is 24.3 Å². The standard InChI is InChI=1S/C17H28INO2S/c1-15(2,3)12-13-8-10-14(11-9-13)16(4,5)19-22(20,21)17(6,7)18/h8-11,19H,12H2,1-7H3. The molecule has 0 heterocycles. The molecule has 0 bridgehead atoms. The smallest absolute Gasteiger partial charge is 0.211 e. The fraction of sp³-hybridized carbons (Fsp3) is 0.647. The Morgan fingerprint density at radius 2 is 1.41 bits per heavy atom. The van der Waals surface area contributed by atoms with Crippen molar-refractivity contribution in [1.82, 2.24) is 4.72 Å². The van der Waals surface area contributed by atoms with Crippen molar-refractivity contribution in [2.45, 2.75) is 63.2 Å². The monoisotopic (exact) mass is 437 g/mol. The summed E-state index contributed by atoms with van der Waals surface area (Å²) in [5, 5.41) is 0. The second-order valence-corrected chi connectivity index (χ2v) is 13.7. The number of alkyl halides is 1. The summed E-state index contributed by atoms with van der Waals surface area (Å²) in [5.74, 6) is 0. The van der Waals surface area contributed by atoms with Gasteiger partial charge in [-0.25, -0.2) is 13.1 Å². The predicted octanol–water partition coefficient (Wildman–Crippen LogP) is 4.60. The van der Waals surface area contributed by atoms with Gasteiger partial charge >= 0.3 is 0 Å². The van der Waals surface area contributed by atoms with Crippen molar-refractivity contribution in [3.05, 3.63) is 35.4 Å². The van der Waals surface area contributed by atoms with Crippen LogP contribution in [0.25, 0.3) is 0 Å². The molecule has 1 N–H and O–H groups in total. The van der Waals surface area contributed by atoms with Crippen molar-refractivity contribution in [2.24, 2.45) is 5.41 Å². The molecule has 22 heavy (non-hydrogen) atoms. The largest absolute Gasteiger partial charge is 0.226 e. The van der Waals surface area contributed by atoms with Gasteiger partial charge in [0.15, 0.2) is 0 Å². The zero-order chi connectivity index (χ0) is 17.4. The zero-order valence-corrected chi connectivity index (χ0v) is 17.6. The highest BCUT2D eigenvalue weighted by Crippen LogP contribution is 2.29. The van der Waals surface area contributed by atoms with Gasteiger partial charge < -0.3 is 0 Å². The van der Waals surface area contributed by atoms with Crippen molar-refractivity contribution in [2.75, 3.05) is 0 Å². The zero-order valence-electron chi connectivity index (χ0n) is 14.6. The second-order valence-electron chi connectivity index (χ2n) is 8.03. The van der Waals surface area contributed by atoms with Crippen molar-refractivity contribution in [3.63, 3.8) is 0 Å². The van der Waals surface area contributed by atoms with E-state index in [9.17, 15) is 8.42 Å². The number of rotatable bonds is 5. The minimum Gasteiger partial charge on any atom is -0.211 e. The van der Waals surface area contributed by atoms with Crippen LogP contribution < -0.4 is 4.72 Å². The van der Waals surface area contributed by atoms with Crippen LogP contribution in [0.5, 0.6) is 0 Å². The first-order valence-corrected chi connectivity index (χ1v) is 10.0. The van der Waals surface area contributed by atoms with E-state index in [4.69, 9.17) is 0 Å². The van der Waals surface area contributed by atoms with Gasteiger partial charge in [0.2, 0.25) is 10.0 Å². The summed E-state index contributed by atoms with van der Waals surface area (Å²) in [7, 11) is -3.41. The molecule has 0 saturated heterocycles. The number of nitrogens with one attached hydrogen (secondary N) is 1. The first-order chi connectivity index (χ1) is 9.64. The van der Waals surface area contributed by atoms with E-state index in [-0.39, 0.29) is 5.41 Å². The highest BCUT2D eigenvalue weighted by Gasteiger charge is 2.36. The average molecular weight is 437 g/mol. The van der Waals surface area contributed by atoms with Crippen molar-refractivity contribution in [3.8, 4) is 0 Å². The summed E-state index contributed by atoms with van der Waals surface area (Å²) in [5.41, 5.74) is 1.84. The van der Waals surface area contributed by atoms with Crippen molar-refractivity contribution >= 4 is 32.6 Å². The van der Waals surface area contributed by atoms with E-state index >= 15 is 0 Å². The highest BCUT2D eigenvalue weighted by molar-refractivity contribution is 14.1. The van der Waals surface area contributed by atoms with Gasteiger partial charge in [0.05, 0.1) is 5.54 Å². The normalized spacial score (nSPS) is 14.2. The van der Waals surface area contributed by atoms with Gasteiger partial charge in [-0.2, -0.15) is 0 Å². The molecule has 0 fully saturated rings. The summed E-state index contributed by atoms with van der Waals surface area (Å²) in [6.45, 7) is 13.8. The molecule has 1 aromatic rings. The Morgan fingerprint density at radius 3 is 1.77 bits per heavy atom. The number of benzene rings is 1. The van der Waals surface area contributed by atoms with Crippen LogP contribution in [0.4, 0.5) is 0 Å². The molecule has 0 spiro atoms. The van der Waals surface area contributed by atoms with Crippen LogP contribution in [0.1, 0.15) is 59.6 Å². The molecule has 0 radical (unpaired) electrons. The summed E-state index contributed by atoms with van der Waals surface area (Å²) in [6, 6.07) is 8.21. The molecule has 0 amide bonds. The summed E-state index contributed by atoms with van der Waals surface area (Å²) in [4.78, 5) is 0. The Labute approximate surface area is 149 Å². The lowest BCUT2D eigenvalue weighted by Crippen LogP contribution is -2.47. The molecule has 0 atom stereocenters. The fourth-order valence-corrected chi connectivity index (χ4v) is 3.53. The fourth-order valence-electron chi connectivity index (χ4n) is 2.17. The van der Waals surface area contributed by atoms with Crippen LogP contribution in [0.2, 0.25) is 0 Å². The summed E-state index contributed by atoms with van der Waals surface area (Å²) >= 11 is 1.95. The Morgan fingerprint density at radius 1 is 0.955 bits per heavy atom. The highest BCUT2D eigenvalue weighted by atomic mass is 127. The molecule has 0 aliphatic heterocycles. The van der Waals surface area contributed by atoms with Gasteiger partial charge in [-0.3, -0.25) is 0 Å². The maximum atomic E-state index is 12.4. The minimum absolute atomic E-state index is 0.240. The van der Waals surface area contributed by atoms with Gasteiger partial charge in [-0.05, 0) is 50.7 Å². The van der Waals surface area contributed by atoms with E-state index < -0.39 is 18.3 Å². The topological polar surface area (TPSA) is 46.2 Å². The quantitative estimate of drug-likeness (QED) is 0.541. The maximum Gasteiger partial charge on any atom is 0.226 e. The Bertz CT molecular complexity index is 606. The molecule has 1 aromatic carbocycles. The van der Waals surface area contributed by atoms with Crippen molar-refractivity contribution in [1.29, 1.82) is 0 Å². The Hall–Kier alpha value is -0.140. The molecule has 5 heteroatoms. The lowest BCUT2D eigenvalue weighted by molar-refractivity contribution is 0.411. The van der Waals surface area contributed by atoms with E-state index in [0.717, 1.165) is 12.0 Å². The van der Waals surface area contributed by atoms with Crippen LogP contribution in [0.3, 0.4) is 0 Å². The molecular formula is C17H28INO2S. The summed E-state index contributed by atoms with van der Waals surface area (Å²) in [6.07, 6.45) is 1.00. The molecule has 3 nitrogen and oxygen atoms in total. The maximum absolute atomic E-state index is 12.4. The lowest BCUT2D eigenvalue weighted by Gasteiger charge is -2.30. The third-order valence-electron chi connectivity index (χ3n) is 3.44. The molecular weight excluding hydrogens is 409 g/mol. The van der Waals surface area contributed by atoms with Crippen molar-refractivity contribution < 1.29 is 8.42 Å². The number of halogens is 1. The number of hydrogen-bond acceptors (Lipinski definition) is 2. The van der Waals surface area contributed by atoms with E-state index in [1.54, 1.807) is 13.8 Å². The van der Waals surface area contributed by atoms with Gasteiger partial charge in [-0.15, -0.1) is 0 Å². The van der Waals surface area contributed by atoms with Crippen LogP contribution in [0, 0.1) is 5.41 Å². The van der Waals surface area contributed by atoms with E-state index in [1.807, 2.05) is 48.6 Å². The second kappa shape index (κ2) is 6.40. The molecule has 1 rings (SSSR count). The molecule has 0 aliphatic carbocycles. The van der Waals surface area contributed by atoms with Gasteiger partial charge in [0.1, 0.15) is 2.75 Å². The molecule has 0 aliphatic rings. The predicted molar refractivity (Wildman–Crippen MR) is 103 cm³/mol. The number of sulfonamides is 1. The molecule has 126 valence electrons. The Kier molecular flexibility index (Phi) is 5.79. The third-order valence-corrected chi connectivity index (χ3v) is 7.24. The van der Waals surface area contributed by atoms with E-state index in [2.05, 4.69) is 37.6 Å². The van der Waals surface area contributed by atoms with Gasteiger partial charge in [0.25, 0.3) is 0 Å². The lowest BCUT2D eigenvalue weighted by atomic mass is 9.87. The molecule has 0 unspecified atom stereocenters. The van der Waals surface area contributed by atoms with Gasteiger partial charge in [0, 0.05) is 0 Å². The minimum atomic E-state index is -3.41. The molecule has 0 saturated carbocycles. The van der Waals surface area contributed by atoms with E-state index in [0.29, 0.717) is 0 Å². The number of hydrogen-bond donors (Lipinski definition) is 1. The molecule has 0 aromatic heterocycles. The first kappa shape index (κ1) is 19.9. The SMILES string of the molecule is CC(C)(C)Cc1ccc(C(C)(C)NS(=O)(=O)C(C)(C)I)cc1. The van der Waals surface area contributed by atoms with Crippen LogP contribution >= 0.6 is 22.6 Å². The Balaban J connectivity index is 3.00. The van der Waals surface area contributed by atoms with Crippen LogP contribution in [-0.4, -0.2) is 11.2 Å². The van der Waals surface area contributed by atoms with E-state index in [1.165, 1.54) is 5.56 Å². The van der Waals surface area contributed by atoms with Crippen LogP contribution in [-0.2, 0) is 22.0 Å². The average Bonchev–Trinajstić information content (AvgIpc) is 2.24. The first-order valence-electron chi connectivity index (χ1n) is 7.46. The third kappa shape index (κ3) is 5.49. The summed E-state index contributed by atoms with van der Waals surface area (Å²) < 4.78 is 26.7.